The molecule has 0 aromatic rings. The third-order valence-corrected chi connectivity index (χ3v) is 2.11. The van der Waals surface area contributed by atoms with Gasteiger partial charge in [0.25, 0.3) is 0 Å². The van der Waals surface area contributed by atoms with E-state index < -0.39 is 18.2 Å². The van der Waals surface area contributed by atoms with Crippen LogP contribution in [0.4, 0.5) is 0 Å². The first kappa shape index (κ1) is 11.4. The molecule has 1 saturated heterocycles. The van der Waals surface area contributed by atoms with Gasteiger partial charge in [-0.05, 0) is 0 Å². The highest BCUT2D eigenvalue weighted by molar-refractivity contribution is 5.72. The fourth-order valence-electron chi connectivity index (χ4n) is 1.37. The van der Waals surface area contributed by atoms with Gasteiger partial charge in [-0.25, -0.2) is 4.79 Å². The summed E-state index contributed by atoms with van der Waals surface area (Å²) in [6, 6.07) is 0. The van der Waals surface area contributed by atoms with E-state index in [1.165, 1.54) is 0 Å². The Morgan fingerprint density at radius 1 is 1.64 bits per heavy atom. The van der Waals surface area contributed by atoms with Crippen LogP contribution in [0.15, 0.2) is 0 Å². The maximum Gasteiger partial charge on any atom is 0.334 e. The molecule has 1 aliphatic rings. The Bertz CT molecular complexity index is 198. The van der Waals surface area contributed by atoms with Gasteiger partial charge >= 0.3 is 5.97 Å². The molecule has 0 bridgehead atoms. The number of aliphatic hydroxyl groups excluding tert-OH is 2. The van der Waals surface area contributed by atoms with E-state index in [0.29, 0.717) is 13.2 Å². The number of morpholine rings is 1. The molecule has 0 spiro atoms. The first-order valence-electron chi connectivity index (χ1n) is 4.49. The van der Waals surface area contributed by atoms with Crippen LogP contribution in [0.5, 0.6) is 0 Å². The molecule has 6 heteroatoms. The predicted molar refractivity (Wildman–Crippen MR) is 46.9 cm³/mol. The first-order chi connectivity index (χ1) is 6.63. The minimum Gasteiger partial charge on any atom is -0.479 e. The summed E-state index contributed by atoms with van der Waals surface area (Å²) in [7, 11) is 0. The SMILES string of the molecule is O=C(O)C1CN(CC(O)CO)CCO1. The number of nitrogens with zero attached hydrogens (tertiary/aromatic N) is 1. The number of carbonyl (C=O) groups is 1. The summed E-state index contributed by atoms with van der Waals surface area (Å²) < 4.78 is 5.00. The number of carboxylic acid groups (broad SMARTS) is 1. The number of hydrogen-bond donors (Lipinski definition) is 3. The van der Waals surface area contributed by atoms with Gasteiger partial charge in [0.2, 0.25) is 0 Å². The second kappa shape index (κ2) is 5.26. The van der Waals surface area contributed by atoms with Crippen molar-refractivity contribution in [2.24, 2.45) is 0 Å². The van der Waals surface area contributed by atoms with Crippen LogP contribution < -0.4 is 0 Å². The number of hydrogen-bond acceptors (Lipinski definition) is 5. The average Bonchev–Trinajstić information content (AvgIpc) is 2.18. The Morgan fingerprint density at radius 3 is 2.93 bits per heavy atom. The monoisotopic (exact) mass is 205 g/mol. The Hall–Kier alpha value is -0.690. The summed E-state index contributed by atoms with van der Waals surface area (Å²) in [5, 5.41) is 26.5. The van der Waals surface area contributed by atoms with Gasteiger partial charge in [0, 0.05) is 19.6 Å². The lowest BCUT2D eigenvalue weighted by Gasteiger charge is -2.31. The molecule has 1 aliphatic heterocycles. The molecular weight excluding hydrogens is 190 g/mol. The molecule has 6 nitrogen and oxygen atoms in total. The van der Waals surface area contributed by atoms with Crippen molar-refractivity contribution >= 4 is 5.97 Å². The molecule has 0 aromatic heterocycles. The fraction of sp³-hybridized carbons (Fsp3) is 0.875. The average molecular weight is 205 g/mol. The minimum atomic E-state index is -0.992. The van der Waals surface area contributed by atoms with E-state index in [4.69, 9.17) is 20.1 Å². The third-order valence-electron chi connectivity index (χ3n) is 2.11. The zero-order valence-corrected chi connectivity index (χ0v) is 7.80. The second-order valence-corrected chi connectivity index (χ2v) is 3.29. The first-order valence-corrected chi connectivity index (χ1v) is 4.49. The molecule has 14 heavy (non-hydrogen) atoms. The summed E-state index contributed by atoms with van der Waals surface area (Å²) in [5.74, 6) is -0.992. The molecular formula is C8H15NO5. The lowest BCUT2D eigenvalue weighted by Crippen LogP contribution is -2.48. The standard InChI is InChI=1S/C8H15NO5/c10-5-6(11)3-9-1-2-14-7(4-9)8(12)13/h6-7,10-11H,1-5H2,(H,12,13). The van der Waals surface area contributed by atoms with Gasteiger partial charge < -0.3 is 20.1 Å². The largest absolute Gasteiger partial charge is 0.479 e. The summed E-state index contributed by atoms with van der Waals surface area (Å²) in [6.45, 7) is 1.15. The molecule has 0 radical (unpaired) electrons. The van der Waals surface area contributed by atoms with Crippen LogP contribution in [0.1, 0.15) is 0 Å². The van der Waals surface area contributed by atoms with Gasteiger partial charge in [0.1, 0.15) is 0 Å². The molecule has 1 heterocycles. The molecule has 3 N–H and O–H groups in total. The molecule has 2 unspecified atom stereocenters. The van der Waals surface area contributed by atoms with Crippen molar-refractivity contribution in [1.29, 1.82) is 0 Å². The van der Waals surface area contributed by atoms with Gasteiger partial charge in [0.15, 0.2) is 6.10 Å². The van der Waals surface area contributed by atoms with Crippen molar-refractivity contribution < 1.29 is 24.9 Å². The Morgan fingerprint density at radius 2 is 2.36 bits per heavy atom. The second-order valence-electron chi connectivity index (χ2n) is 3.29. The van der Waals surface area contributed by atoms with Crippen LogP contribution in [0, 0.1) is 0 Å². The maximum atomic E-state index is 10.6. The van der Waals surface area contributed by atoms with Crippen molar-refractivity contribution in [3.8, 4) is 0 Å². The Balaban J connectivity index is 2.36. The van der Waals surface area contributed by atoms with E-state index in [1.54, 1.807) is 4.90 Å². The molecule has 0 saturated carbocycles. The van der Waals surface area contributed by atoms with Crippen molar-refractivity contribution in [3.05, 3.63) is 0 Å². The Labute approximate surface area is 81.7 Å². The smallest absolute Gasteiger partial charge is 0.334 e. The molecule has 1 rings (SSSR count). The highest BCUT2D eigenvalue weighted by Gasteiger charge is 2.26. The summed E-state index contributed by atoms with van der Waals surface area (Å²) >= 11 is 0. The van der Waals surface area contributed by atoms with Crippen molar-refractivity contribution in [1.82, 2.24) is 4.90 Å². The molecule has 2 atom stereocenters. The highest BCUT2D eigenvalue weighted by Crippen LogP contribution is 2.05. The van der Waals surface area contributed by atoms with E-state index in [1.807, 2.05) is 0 Å². The summed E-state index contributed by atoms with van der Waals surface area (Å²) in [4.78, 5) is 12.4. The zero-order valence-electron chi connectivity index (χ0n) is 7.80. The normalized spacial score (nSPS) is 26.0. The lowest BCUT2D eigenvalue weighted by atomic mass is 10.2. The van der Waals surface area contributed by atoms with Crippen LogP contribution >= 0.6 is 0 Å². The minimum absolute atomic E-state index is 0.256. The van der Waals surface area contributed by atoms with Crippen LogP contribution in [0.2, 0.25) is 0 Å². The van der Waals surface area contributed by atoms with Crippen molar-refractivity contribution in [2.45, 2.75) is 12.2 Å². The predicted octanol–water partition coefficient (Wildman–Crippen LogP) is -1.87. The molecule has 0 aromatic carbocycles. The quantitative estimate of drug-likeness (QED) is 0.498. The van der Waals surface area contributed by atoms with Gasteiger partial charge in [-0.2, -0.15) is 0 Å². The van der Waals surface area contributed by atoms with Crippen LogP contribution in [-0.4, -0.2) is 71.2 Å². The topological polar surface area (TPSA) is 90.2 Å². The van der Waals surface area contributed by atoms with E-state index in [0.717, 1.165) is 0 Å². The van der Waals surface area contributed by atoms with Crippen molar-refractivity contribution in [2.75, 3.05) is 32.8 Å². The van der Waals surface area contributed by atoms with Crippen LogP contribution in [0.3, 0.4) is 0 Å². The summed E-state index contributed by atoms with van der Waals surface area (Å²) in [5.41, 5.74) is 0. The number of rotatable bonds is 4. The third kappa shape index (κ3) is 3.22. The maximum absolute atomic E-state index is 10.6. The number of β-amino-alcohol motifs (C(OH)–C–C–N with tert-alkyl or cyclic N) is 1. The molecule has 82 valence electrons. The van der Waals surface area contributed by atoms with E-state index in [-0.39, 0.29) is 19.7 Å². The highest BCUT2D eigenvalue weighted by atomic mass is 16.5. The lowest BCUT2D eigenvalue weighted by molar-refractivity contribution is -0.156. The van der Waals surface area contributed by atoms with Gasteiger partial charge in [-0.1, -0.05) is 0 Å². The molecule has 1 fully saturated rings. The van der Waals surface area contributed by atoms with E-state index >= 15 is 0 Å². The zero-order chi connectivity index (χ0) is 10.6. The Kier molecular flexibility index (Phi) is 4.27. The number of aliphatic hydroxyl groups is 2. The number of carboxylic acids is 1. The summed E-state index contributed by atoms with van der Waals surface area (Å²) in [6.07, 6.45) is -1.64. The molecule has 0 aliphatic carbocycles. The fourth-order valence-corrected chi connectivity index (χ4v) is 1.37. The number of aliphatic carboxylic acids is 1. The van der Waals surface area contributed by atoms with Crippen LogP contribution in [-0.2, 0) is 9.53 Å². The van der Waals surface area contributed by atoms with Gasteiger partial charge in [0.05, 0.1) is 19.3 Å². The van der Waals surface area contributed by atoms with Gasteiger partial charge in [-0.15, -0.1) is 0 Å². The van der Waals surface area contributed by atoms with E-state index in [9.17, 15) is 4.79 Å². The molecule has 0 amide bonds. The van der Waals surface area contributed by atoms with Gasteiger partial charge in [-0.3, -0.25) is 4.90 Å². The van der Waals surface area contributed by atoms with Crippen molar-refractivity contribution in [3.63, 3.8) is 0 Å². The van der Waals surface area contributed by atoms with E-state index in [2.05, 4.69) is 0 Å². The number of ether oxygens (including phenoxy) is 1. The van der Waals surface area contributed by atoms with Crippen LogP contribution in [0.25, 0.3) is 0 Å².